The van der Waals surface area contributed by atoms with Crippen molar-refractivity contribution in [3.8, 4) is 0 Å². The maximum atomic E-state index is 13.6. The zero-order valence-corrected chi connectivity index (χ0v) is 12.0. The van der Waals surface area contributed by atoms with Gasteiger partial charge in [0.05, 0.1) is 5.56 Å². The lowest BCUT2D eigenvalue weighted by atomic mass is 10.1. The molecule has 2 aromatic rings. The number of hydrogen-bond donors (Lipinski definition) is 1. The van der Waals surface area contributed by atoms with E-state index in [1.807, 2.05) is 6.07 Å². The molecule has 1 N–H and O–H groups in total. The van der Waals surface area contributed by atoms with Crippen LogP contribution in [0.2, 0.25) is 0 Å². The second kappa shape index (κ2) is 6.16. The van der Waals surface area contributed by atoms with E-state index in [-0.39, 0.29) is 5.56 Å². The van der Waals surface area contributed by atoms with Gasteiger partial charge in [0, 0.05) is 16.4 Å². The number of carbonyl (C=O) groups is 1. The van der Waals surface area contributed by atoms with Crippen LogP contribution >= 0.6 is 27.7 Å². The molecule has 6 heteroatoms. The van der Waals surface area contributed by atoms with Crippen molar-refractivity contribution in [1.82, 2.24) is 4.98 Å². The minimum Gasteiger partial charge on any atom is -0.478 e. The van der Waals surface area contributed by atoms with Crippen LogP contribution in [0.5, 0.6) is 0 Å². The molecule has 0 unspecified atom stereocenters. The molecule has 0 spiro atoms. The van der Waals surface area contributed by atoms with Gasteiger partial charge in [-0.2, -0.15) is 0 Å². The first kappa shape index (κ1) is 14.0. The highest BCUT2D eigenvalue weighted by molar-refractivity contribution is 9.10. The van der Waals surface area contributed by atoms with E-state index in [9.17, 15) is 9.18 Å². The Hall–Kier alpha value is -1.40. The van der Waals surface area contributed by atoms with Crippen molar-refractivity contribution >= 4 is 33.7 Å². The molecule has 2 rings (SSSR count). The van der Waals surface area contributed by atoms with E-state index in [4.69, 9.17) is 5.11 Å². The Bertz CT molecular complexity index is 621. The van der Waals surface area contributed by atoms with Crippen LogP contribution < -0.4 is 0 Å². The fourth-order valence-electron chi connectivity index (χ4n) is 1.44. The molecular formula is C13H9BrFNO2S. The molecule has 3 nitrogen and oxygen atoms in total. The molecular weight excluding hydrogens is 333 g/mol. The molecule has 0 aliphatic rings. The summed E-state index contributed by atoms with van der Waals surface area (Å²) < 4.78 is 14.4. The van der Waals surface area contributed by atoms with Crippen LogP contribution in [-0.2, 0) is 5.75 Å². The third kappa shape index (κ3) is 3.54. The first-order chi connectivity index (χ1) is 9.08. The number of nitrogens with zero attached hydrogens (tertiary/aromatic N) is 1. The summed E-state index contributed by atoms with van der Waals surface area (Å²) in [4.78, 5) is 15.0. The van der Waals surface area contributed by atoms with Crippen molar-refractivity contribution in [2.45, 2.75) is 10.8 Å². The SMILES string of the molecule is O=C(O)c1ccc(F)c(CSc2ncccc2Br)c1. The van der Waals surface area contributed by atoms with Crippen LogP contribution in [0.1, 0.15) is 15.9 Å². The van der Waals surface area contributed by atoms with Crippen LogP contribution in [0.3, 0.4) is 0 Å². The van der Waals surface area contributed by atoms with Crippen molar-refractivity contribution in [3.63, 3.8) is 0 Å². The molecule has 1 aromatic heterocycles. The number of aromatic carboxylic acids is 1. The molecule has 98 valence electrons. The van der Waals surface area contributed by atoms with Crippen LogP contribution in [0.4, 0.5) is 4.39 Å². The Balaban J connectivity index is 2.17. The quantitative estimate of drug-likeness (QED) is 0.854. The predicted octanol–water partition coefficient (Wildman–Crippen LogP) is 3.97. The maximum absolute atomic E-state index is 13.6. The molecule has 1 aromatic carbocycles. The lowest BCUT2D eigenvalue weighted by Crippen LogP contribution is -1.99. The average Bonchev–Trinajstić information content (AvgIpc) is 2.39. The van der Waals surface area contributed by atoms with Gasteiger partial charge in [0.1, 0.15) is 10.8 Å². The standard InChI is InChI=1S/C13H9BrFNO2S/c14-10-2-1-5-16-12(10)19-7-9-6-8(13(17)18)3-4-11(9)15/h1-6H,7H2,(H,17,18). The molecule has 0 radical (unpaired) electrons. The number of halogens is 2. The molecule has 0 atom stereocenters. The van der Waals surface area contributed by atoms with E-state index in [1.165, 1.54) is 30.0 Å². The smallest absolute Gasteiger partial charge is 0.335 e. The first-order valence-corrected chi connectivity index (χ1v) is 7.11. The van der Waals surface area contributed by atoms with Gasteiger partial charge in [-0.15, -0.1) is 11.8 Å². The summed E-state index contributed by atoms with van der Waals surface area (Å²) in [5, 5.41) is 9.62. The highest BCUT2D eigenvalue weighted by atomic mass is 79.9. The third-order valence-electron chi connectivity index (χ3n) is 2.38. The number of aromatic nitrogens is 1. The Kier molecular flexibility index (Phi) is 4.55. The van der Waals surface area contributed by atoms with Gasteiger partial charge in [-0.05, 0) is 51.8 Å². The number of pyridine rings is 1. The van der Waals surface area contributed by atoms with Gasteiger partial charge in [0.25, 0.3) is 0 Å². The van der Waals surface area contributed by atoms with E-state index < -0.39 is 11.8 Å². The first-order valence-electron chi connectivity index (χ1n) is 5.33. The predicted molar refractivity (Wildman–Crippen MR) is 74.9 cm³/mol. The summed E-state index contributed by atoms with van der Waals surface area (Å²) in [5.74, 6) is -1.16. The molecule has 0 aliphatic heterocycles. The Morgan fingerprint density at radius 3 is 2.89 bits per heavy atom. The molecule has 0 fully saturated rings. The molecule has 0 bridgehead atoms. The summed E-state index contributed by atoms with van der Waals surface area (Å²) in [6, 6.07) is 7.41. The molecule has 0 saturated heterocycles. The summed E-state index contributed by atoms with van der Waals surface area (Å²) in [6.07, 6.45) is 1.65. The van der Waals surface area contributed by atoms with Gasteiger partial charge in [-0.25, -0.2) is 14.2 Å². The van der Waals surface area contributed by atoms with Crippen LogP contribution in [0.15, 0.2) is 46.0 Å². The van der Waals surface area contributed by atoms with Gasteiger partial charge >= 0.3 is 5.97 Å². The van der Waals surface area contributed by atoms with Gasteiger partial charge in [-0.3, -0.25) is 0 Å². The van der Waals surface area contributed by atoms with Crippen LogP contribution in [0, 0.1) is 5.82 Å². The molecule has 19 heavy (non-hydrogen) atoms. The largest absolute Gasteiger partial charge is 0.478 e. The summed E-state index contributed by atoms with van der Waals surface area (Å²) in [5.41, 5.74) is 0.430. The lowest BCUT2D eigenvalue weighted by Gasteiger charge is -2.05. The number of carboxylic acids is 1. The maximum Gasteiger partial charge on any atom is 0.335 e. The fraction of sp³-hybridized carbons (Fsp3) is 0.0769. The summed E-state index contributed by atoms with van der Waals surface area (Å²) >= 11 is 4.70. The van der Waals surface area contributed by atoms with E-state index in [1.54, 1.807) is 12.3 Å². The fourth-order valence-corrected chi connectivity index (χ4v) is 2.90. The molecule has 0 saturated carbocycles. The van der Waals surface area contributed by atoms with Gasteiger partial charge in [-0.1, -0.05) is 0 Å². The number of thioether (sulfide) groups is 1. The third-order valence-corrected chi connectivity index (χ3v) is 4.34. The minimum atomic E-state index is -1.06. The second-order valence-corrected chi connectivity index (χ2v) is 5.51. The number of carboxylic acid groups (broad SMARTS) is 1. The zero-order chi connectivity index (χ0) is 13.8. The van der Waals surface area contributed by atoms with Crippen molar-refractivity contribution < 1.29 is 14.3 Å². The lowest BCUT2D eigenvalue weighted by molar-refractivity contribution is 0.0696. The van der Waals surface area contributed by atoms with Gasteiger partial charge in [0.15, 0.2) is 0 Å². The summed E-state index contributed by atoms with van der Waals surface area (Å²) in [7, 11) is 0. The van der Waals surface area contributed by atoms with E-state index >= 15 is 0 Å². The van der Waals surface area contributed by atoms with E-state index in [2.05, 4.69) is 20.9 Å². The Morgan fingerprint density at radius 2 is 2.21 bits per heavy atom. The number of benzene rings is 1. The van der Waals surface area contributed by atoms with E-state index in [0.717, 1.165) is 9.50 Å². The van der Waals surface area contributed by atoms with Gasteiger partial charge < -0.3 is 5.11 Å². The highest BCUT2D eigenvalue weighted by Crippen LogP contribution is 2.28. The van der Waals surface area contributed by atoms with E-state index in [0.29, 0.717) is 11.3 Å². The minimum absolute atomic E-state index is 0.0806. The van der Waals surface area contributed by atoms with Crippen molar-refractivity contribution in [1.29, 1.82) is 0 Å². The molecule has 0 amide bonds. The Labute approximate surface area is 122 Å². The Morgan fingerprint density at radius 1 is 1.42 bits per heavy atom. The highest BCUT2D eigenvalue weighted by Gasteiger charge is 2.10. The van der Waals surface area contributed by atoms with Crippen LogP contribution in [-0.4, -0.2) is 16.1 Å². The number of hydrogen-bond acceptors (Lipinski definition) is 3. The topological polar surface area (TPSA) is 50.2 Å². The molecule has 0 aliphatic carbocycles. The zero-order valence-electron chi connectivity index (χ0n) is 9.64. The summed E-state index contributed by atoms with van der Waals surface area (Å²) in [6.45, 7) is 0. The van der Waals surface area contributed by atoms with Crippen molar-refractivity contribution in [2.24, 2.45) is 0 Å². The molecule has 1 heterocycles. The van der Waals surface area contributed by atoms with Crippen molar-refractivity contribution in [3.05, 3.63) is 57.9 Å². The van der Waals surface area contributed by atoms with Gasteiger partial charge in [0.2, 0.25) is 0 Å². The average molecular weight is 342 g/mol. The number of rotatable bonds is 4. The second-order valence-electron chi connectivity index (χ2n) is 3.69. The van der Waals surface area contributed by atoms with Crippen molar-refractivity contribution in [2.75, 3.05) is 0 Å². The monoisotopic (exact) mass is 341 g/mol. The van der Waals surface area contributed by atoms with Crippen LogP contribution in [0.25, 0.3) is 0 Å². The normalized spacial score (nSPS) is 10.4.